The fraction of sp³-hybridized carbons (Fsp3) is 0.294. The minimum absolute atomic E-state index is 0.106. The molecular weight excluding hydrogens is 253 g/mol. The summed E-state index contributed by atoms with van der Waals surface area (Å²) >= 11 is 0. The third-order valence-electron chi connectivity index (χ3n) is 3.87. The maximum atomic E-state index is 13.3. The van der Waals surface area contributed by atoms with E-state index >= 15 is 0 Å². The second-order valence-corrected chi connectivity index (χ2v) is 5.23. The molecule has 1 aliphatic heterocycles. The highest BCUT2D eigenvalue weighted by Gasteiger charge is 2.27. The molecule has 104 valence electrons. The zero-order chi connectivity index (χ0) is 14.1. The summed E-state index contributed by atoms with van der Waals surface area (Å²) < 4.78 is 19.3. The monoisotopic (exact) mass is 271 g/mol. The highest BCUT2D eigenvalue weighted by Crippen LogP contribution is 2.39. The van der Waals surface area contributed by atoms with Crippen LogP contribution in [0.25, 0.3) is 0 Å². The number of halogens is 1. The fourth-order valence-corrected chi connectivity index (χ4v) is 2.65. The molecule has 0 radical (unpaired) electrons. The van der Waals surface area contributed by atoms with E-state index in [0.717, 1.165) is 17.5 Å². The molecule has 2 aromatic rings. The molecule has 0 amide bonds. The maximum absolute atomic E-state index is 13.3. The van der Waals surface area contributed by atoms with Crippen LogP contribution >= 0.6 is 0 Å². The molecule has 0 spiro atoms. The van der Waals surface area contributed by atoms with Crippen molar-refractivity contribution < 1.29 is 9.13 Å². The second-order valence-electron chi connectivity index (χ2n) is 5.23. The molecule has 3 heteroatoms. The van der Waals surface area contributed by atoms with Crippen molar-refractivity contribution in [2.75, 3.05) is 0 Å². The molecule has 20 heavy (non-hydrogen) atoms. The minimum Gasteiger partial charge on any atom is -0.485 e. The van der Waals surface area contributed by atoms with Crippen LogP contribution in [0.4, 0.5) is 4.39 Å². The van der Waals surface area contributed by atoms with E-state index in [2.05, 4.69) is 31.2 Å². The van der Waals surface area contributed by atoms with Gasteiger partial charge in [0.15, 0.2) is 0 Å². The molecule has 0 fully saturated rings. The van der Waals surface area contributed by atoms with Gasteiger partial charge in [-0.15, -0.1) is 0 Å². The highest BCUT2D eigenvalue weighted by atomic mass is 19.1. The average Bonchev–Trinajstić information content (AvgIpc) is 2.46. The summed E-state index contributed by atoms with van der Waals surface area (Å²) in [6.45, 7) is 2.13. The third kappa shape index (κ3) is 2.41. The lowest BCUT2D eigenvalue weighted by Gasteiger charge is -2.30. The van der Waals surface area contributed by atoms with Gasteiger partial charge in [-0.1, -0.05) is 37.3 Å². The van der Waals surface area contributed by atoms with E-state index in [1.165, 1.54) is 17.7 Å². The zero-order valence-electron chi connectivity index (χ0n) is 11.5. The van der Waals surface area contributed by atoms with Crippen LogP contribution < -0.4 is 10.5 Å². The molecule has 1 aliphatic rings. The first-order valence-corrected chi connectivity index (χ1v) is 6.98. The Morgan fingerprint density at radius 2 is 1.95 bits per heavy atom. The Bertz CT molecular complexity index is 609. The van der Waals surface area contributed by atoms with Gasteiger partial charge in [-0.3, -0.25) is 0 Å². The van der Waals surface area contributed by atoms with Crippen LogP contribution in [0.2, 0.25) is 0 Å². The lowest BCUT2D eigenvalue weighted by Crippen LogP contribution is -2.24. The minimum atomic E-state index is -0.294. The number of ether oxygens (including phenoxy) is 1. The van der Waals surface area contributed by atoms with Gasteiger partial charge in [0.2, 0.25) is 0 Å². The molecule has 1 heterocycles. The predicted molar refractivity (Wildman–Crippen MR) is 77.1 cm³/mol. The summed E-state index contributed by atoms with van der Waals surface area (Å²) in [5.74, 6) is 0.270. The summed E-state index contributed by atoms with van der Waals surface area (Å²) in [7, 11) is 0. The van der Waals surface area contributed by atoms with Crippen LogP contribution in [0.3, 0.4) is 0 Å². The number of rotatable bonds is 2. The van der Waals surface area contributed by atoms with Gasteiger partial charge in [0, 0.05) is 24.1 Å². The number of aryl methyl sites for hydroxylation is 1. The fourth-order valence-electron chi connectivity index (χ4n) is 2.65. The van der Waals surface area contributed by atoms with Crippen molar-refractivity contribution in [1.82, 2.24) is 0 Å². The van der Waals surface area contributed by atoms with Gasteiger partial charge in [-0.05, 0) is 23.6 Å². The van der Waals surface area contributed by atoms with Crippen LogP contribution in [0.15, 0.2) is 42.5 Å². The smallest absolute Gasteiger partial charge is 0.127 e. The van der Waals surface area contributed by atoms with E-state index in [1.54, 1.807) is 6.07 Å². The molecule has 0 aromatic heterocycles. The summed E-state index contributed by atoms with van der Waals surface area (Å²) in [6, 6.07) is 12.8. The molecule has 0 bridgehead atoms. The standard InChI is InChI=1S/C17H18FNO/c1-2-11-3-5-12(6-4-11)16-10-15(19)14-8-7-13(18)9-17(14)20-16/h3-9,15-16H,2,10,19H2,1H3/t15-,16?/m1/s1. The van der Waals surface area contributed by atoms with Gasteiger partial charge in [0.1, 0.15) is 17.7 Å². The molecule has 3 rings (SSSR count). The molecule has 0 aliphatic carbocycles. The predicted octanol–water partition coefficient (Wildman–Crippen LogP) is 3.91. The average molecular weight is 271 g/mol. The Hall–Kier alpha value is -1.87. The second kappa shape index (κ2) is 5.25. The van der Waals surface area contributed by atoms with E-state index in [1.807, 2.05) is 0 Å². The Morgan fingerprint density at radius 3 is 2.65 bits per heavy atom. The first-order valence-electron chi connectivity index (χ1n) is 6.98. The van der Waals surface area contributed by atoms with Gasteiger partial charge in [-0.25, -0.2) is 4.39 Å². The van der Waals surface area contributed by atoms with Crippen molar-refractivity contribution in [3.05, 3.63) is 65.0 Å². The Kier molecular flexibility index (Phi) is 3.45. The summed E-state index contributed by atoms with van der Waals surface area (Å²) in [6.07, 6.45) is 1.62. The Morgan fingerprint density at radius 1 is 1.20 bits per heavy atom. The summed E-state index contributed by atoms with van der Waals surface area (Å²) in [4.78, 5) is 0. The molecular formula is C17H18FNO. The van der Waals surface area contributed by atoms with Crippen LogP contribution in [0.1, 0.15) is 42.2 Å². The van der Waals surface area contributed by atoms with Crippen molar-refractivity contribution in [3.8, 4) is 5.75 Å². The van der Waals surface area contributed by atoms with Gasteiger partial charge in [-0.2, -0.15) is 0 Å². The summed E-state index contributed by atoms with van der Waals surface area (Å²) in [5, 5.41) is 0. The zero-order valence-corrected chi connectivity index (χ0v) is 11.5. The van der Waals surface area contributed by atoms with E-state index in [-0.39, 0.29) is 18.0 Å². The molecule has 0 saturated heterocycles. The van der Waals surface area contributed by atoms with Crippen molar-refractivity contribution in [2.24, 2.45) is 5.73 Å². The van der Waals surface area contributed by atoms with Crippen molar-refractivity contribution in [2.45, 2.75) is 31.9 Å². The van der Waals surface area contributed by atoms with E-state index in [4.69, 9.17) is 10.5 Å². The molecule has 2 N–H and O–H groups in total. The van der Waals surface area contributed by atoms with Crippen LogP contribution in [-0.4, -0.2) is 0 Å². The highest BCUT2D eigenvalue weighted by molar-refractivity contribution is 5.39. The molecule has 1 unspecified atom stereocenters. The van der Waals surface area contributed by atoms with Crippen LogP contribution in [0, 0.1) is 5.82 Å². The number of benzene rings is 2. The van der Waals surface area contributed by atoms with Crippen molar-refractivity contribution in [3.63, 3.8) is 0 Å². The van der Waals surface area contributed by atoms with Gasteiger partial charge >= 0.3 is 0 Å². The van der Waals surface area contributed by atoms with Gasteiger partial charge in [0.05, 0.1) is 0 Å². The third-order valence-corrected chi connectivity index (χ3v) is 3.87. The number of fused-ring (bicyclic) bond motifs is 1. The largest absolute Gasteiger partial charge is 0.485 e. The topological polar surface area (TPSA) is 35.2 Å². The first kappa shape index (κ1) is 13.1. The van der Waals surface area contributed by atoms with E-state index in [0.29, 0.717) is 12.2 Å². The normalized spacial score (nSPS) is 21.1. The number of nitrogens with two attached hydrogens (primary N) is 1. The first-order chi connectivity index (χ1) is 9.67. The van der Waals surface area contributed by atoms with Crippen molar-refractivity contribution >= 4 is 0 Å². The Balaban J connectivity index is 1.89. The molecule has 2 aromatic carbocycles. The van der Waals surface area contributed by atoms with E-state index in [9.17, 15) is 4.39 Å². The van der Waals surface area contributed by atoms with Gasteiger partial charge in [0.25, 0.3) is 0 Å². The van der Waals surface area contributed by atoms with Crippen LogP contribution in [0.5, 0.6) is 5.75 Å². The van der Waals surface area contributed by atoms with E-state index < -0.39 is 0 Å². The molecule has 0 saturated carbocycles. The molecule has 2 nitrogen and oxygen atoms in total. The van der Waals surface area contributed by atoms with Gasteiger partial charge < -0.3 is 10.5 Å². The quantitative estimate of drug-likeness (QED) is 0.898. The lowest BCUT2D eigenvalue weighted by atomic mass is 9.93. The number of hydrogen-bond donors (Lipinski definition) is 1. The SMILES string of the molecule is CCc1ccc(C2C[C@@H](N)c3ccc(F)cc3O2)cc1. The van der Waals surface area contributed by atoms with Crippen molar-refractivity contribution in [1.29, 1.82) is 0 Å². The molecule has 2 atom stereocenters. The number of hydrogen-bond acceptors (Lipinski definition) is 2. The lowest BCUT2D eigenvalue weighted by molar-refractivity contribution is 0.160. The Labute approximate surface area is 118 Å². The van der Waals surface area contributed by atoms with Crippen LogP contribution in [-0.2, 0) is 6.42 Å². The summed E-state index contributed by atoms with van der Waals surface area (Å²) in [5.41, 5.74) is 9.44. The maximum Gasteiger partial charge on any atom is 0.127 e.